The highest BCUT2D eigenvalue weighted by Gasteiger charge is 2.32. The number of hydrogen-bond acceptors (Lipinski definition) is 5. The molecule has 3 aromatic rings. The third-order valence-electron chi connectivity index (χ3n) is 5.75. The molecule has 0 bridgehead atoms. The van der Waals surface area contributed by atoms with E-state index < -0.39 is 0 Å². The van der Waals surface area contributed by atoms with Crippen molar-refractivity contribution in [1.29, 1.82) is 0 Å². The van der Waals surface area contributed by atoms with Gasteiger partial charge in [0.25, 0.3) is 5.91 Å². The van der Waals surface area contributed by atoms with Crippen LogP contribution in [0.15, 0.2) is 72.8 Å². The number of benzene rings is 3. The van der Waals surface area contributed by atoms with Gasteiger partial charge in [-0.25, -0.2) is 0 Å². The normalized spacial score (nSPS) is 19.2. The highest BCUT2D eigenvalue weighted by molar-refractivity contribution is 8.00. The Morgan fingerprint density at radius 2 is 1.76 bits per heavy atom. The second kappa shape index (κ2) is 9.99. The van der Waals surface area contributed by atoms with Gasteiger partial charge in [0.1, 0.15) is 18.1 Å². The smallest absolute Gasteiger partial charge is 0.251 e. The number of thioether (sulfide) groups is 1. The van der Waals surface area contributed by atoms with E-state index in [4.69, 9.17) is 21.1 Å². The van der Waals surface area contributed by atoms with Gasteiger partial charge in [-0.1, -0.05) is 48.0 Å². The second-order valence-electron chi connectivity index (χ2n) is 8.14. The van der Waals surface area contributed by atoms with E-state index in [1.807, 2.05) is 65.6 Å². The van der Waals surface area contributed by atoms with Crippen LogP contribution in [0.3, 0.4) is 0 Å². The molecule has 2 heterocycles. The number of halogens is 1. The Balaban J connectivity index is 1.19. The van der Waals surface area contributed by atoms with E-state index >= 15 is 0 Å². The van der Waals surface area contributed by atoms with Crippen molar-refractivity contribution in [3.8, 4) is 11.5 Å². The van der Waals surface area contributed by atoms with Crippen molar-refractivity contribution in [3.05, 3.63) is 94.5 Å². The summed E-state index contributed by atoms with van der Waals surface area (Å²) in [6, 6.07) is 22.4. The summed E-state index contributed by atoms with van der Waals surface area (Å²) in [5, 5.41) is 3.50. The first-order chi connectivity index (χ1) is 16.6. The first-order valence-electron chi connectivity index (χ1n) is 11.0. The lowest BCUT2D eigenvalue weighted by Crippen LogP contribution is -2.40. The number of amides is 2. The summed E-state index contributed by atoms with van der Waals surface area (Å²) >= 11 is 7.57. The van der Waals surface area contributed by atoms with Crippen LogP contribution in [0, 0.1) is 0 Å². The molecule has 34 heavy (non-hydrogen) atoms. The van der Waals surface area contributed by atoms with E-state index in [1.165, 1.54) is 0 Å². The van der Waals surface area contributed by atoms with E-state index in [1.54, 1.807) is 23.9 Å². The summed E-state index contributed by atoms with van der Waals surface area (Å²) < 4.78 is 11.6. The summed E-state index contributed by atoms with van der Waals surface area (Å²) in [5.74, 6) is 1.76. The summed E-state index contributed by atoms with van der Waals surface area (Å²) in [5.41, 5.74) is 2.57. The van der Waals surface area contributed by atoms with Gasteiger partial charge >= 0.3 is 0 Å². The molecule has 0 unspecified atom stereocenters. The molecular formula is C26H23ClN2O4S. The highest BCUT2D eigenvalue weighted by Crippen LogP contribution is 2.39. The van der Waals surface area contributed by atoms with Crippen molar-refractivity contribution < 1.29 is 19.1 Å². The molecule has 2 aliphatic heterocycles. The number of nitrogens with one attached hydrogen (secondary N) is 1. The Morgan fingerprint density at radius 1 is 1.03 bits per heavy atom. The van der Waals surface area contributed by atoms with Gasteiger partial charge in [0.05, 0.1) is 12.3 Å². The maximum absolute atomic E-state index is 12.7. The summed E-state index contributed by atoms with van der Waals surface area (Å²) in [6.45, 7) is 1.24. The lowest BCUT2D eigenvalue weighted by molar-refractivity contribution is -0.128. The average Bonchev–Trinajstić information content (AvgIpc) is 3.23. The zero-order valence-corrected chi connectivity index (χ0v) is 19.9. The molecular weight excluding hydrogens is 472 g/mol. The van der Waals surface area contributed by atoms with Gasteiger partial charge in [-0.2, -0.15) is 0 Å². The van der Waals surface area contributed by atoms with E-state index in [-0.39, 0.29) is 23.3 Å². The van der Waals surface area contributed by atoms with Gasteiger partial charge in [0, 0.05) is 17.1 Å². The predicted molar refractivity (Wildman–Crippen MR) is 132 cm³/mol. The second-order valence-corrected chi connectivity index (χ2v) is 9.65. The van der Waals surface area contributed by atoms with E-state index in [0.717, 1.165) is 11.1 Å². The van der Waals surface area contributed by atoms with Crippen LogP contribution in [-0.4, -0.2) is 41.7 Å². The van der Waals surface area contributed by atoms with Gasteiger partial charge in [0.15, 0.2) is 11.5 Å². The molecule has 0 aliphatic carbocycles. The summed E-state index contributed by atoms with van der Waals surface area (Å²) in [4.78, 5) is 27.0. The van der Waals surface area contributed by atoms with Crippen LogP contribution < -0.4 is 14.8 Å². The van der Waals surface area contributed by atoms with Gasteiger partial charge in [-0.05, 0) is 47.5 Å². The van der Waals surface area contributed by atoms with Crippen molar-refractivity contribution >= 4 is 35.2 Å². The summed E-state index contributed by atoms with van der Waals surface area (Å²) in [6.07, 6.45) is -0.250. The molecule has 6 nitrogen and oxygen atoms in total. The lowest BCUT2D eigenvalue weighted by atomic mass is 10.1. The zero-order chi connectivity index (χ0) is 23.5. The van der Waals surface area contributed by atoms with Crippen LogP contribution in [0.5, 0.6) is 11.5 Å². The molecule has 3 aromatic carbocycles. The van der Waals surface area contributed by atoms with Crippen molar-refractivity contribution in [3.63, 3.8) is 0 Å². The SMILES string of the molecule is O=C(NC[C@H]1COc2ccccc2O1)c1ccc([C@@H]2SCC(=O)N2Cc2ccc(Cl)cc2)cc1. The Hall–Kier alpha value is -3.16. The number of carbonyl (C=O) groups is 2. The van der Waals surface area contributed by atoms with E-state index in [0.29, 0.717) is 47.5 Å². The van der Waals surface area contributed by atoms with E-state index in [9.17, 15) is 9.59 Å². The molecule has 2 atom stereocenters. The lowest BCUT2D eigenvalue weighted by Gasteiger charge is -2.26. The molecule has 0 spiro atoms. The fraction of sp³-hybridized carbons (Fsp3) is 0.231. The van der Waals surface area contributed by atoms with Crippen molar-refractivity contribution in [1.82, 2.24) is 10.2 Å². The largest absolute Gasteiger partial charge is 0.486 e. The van der Waals surface area contributed by atoms with Crippen molar-refractivity contribution in [2.24, 2.45) is 0 Å². The van der Waals surface area contributed by atoms with Crippen molar-refractivity contribution in [2.75, 3.05) is 18.9 Å². The molecule has 1 saturated heterocycles. The van der Waals surface area contributed by atoms with Crippen LogP contribution in [0.1, 0.15) is 26.9 Å². The fourth-order valence-corrected chi connectivity index (χ4v) is 5.27. The molecule has 0 aromatic heterocycles. The average molecular weight is 495 g/mol. The van der Waals surface area contributed by atoms with Gasteiger partial charge in [-0.15, -0.1) is 11.8 Å². The van der Waals surface area contributed by atoms with Crippen LogP contribution >= 0.6 is 23.4 Å². The van der Waals surface area contributed by atoms with Crippen LogP contribution in [0.4, 0.5) is 0 Å². The van der Waals surface area contributed by atoms with Crippen LogP contribution in [0.25, 0.3) is 0 Å². The van der Waals surface area contributed by atoms with Crippen LogP contribution in [-0.2, 0) is 11.3 Å². The number of para-hydroxylation sites is 2. The third-order valence-corrected chi connectivity index (χ3v) is 7.26. The maximum Gasteiger partial charge on any atom is 0.251 e. The Labute approximate surface area is 207 Å². The fourth-order valence-electron chi connectivity index (χ4n) is 3.96. The van der Waals surface area contributed by atoms with Gasteiger partial charge in [-0.3, -0.25) is 9.59 Å². The summed E-state index contributed by atoms with van der Waals surface area (Å²) in [7, 11) is 0. The number of fused-ring (bicyclic) bond motifs is 1. The Bertz CT molecular complexity index is 1190. The van der Waals surface area contributed by atoms with Crippen molar-refractivity contribution in [2.45, 2.75) is 18.0 Å². The molecule has 0 saturated carbocycles. The molecule has 2 amide bonds. The number of rotatable bonds is 6. The van der Waals surface area contributed by atoms with Crippen LogP contribution in [0.2, 0.25) is 5.02 Å². The third kappa shape index (κ3) is 5.00. The topological polar surface area (TPSA) is 67.9 Å². The number of carbonyl (C=O) groups excluding carboxylic acids is 2. The van der Waals surface area contributed by atoms with E-state index in [2.05, 4.69) is 5.32 Å². The zero-order valence-electron chi connectivity index (χ0n) is 18.3. The number of nitrogens with zero attached hydrogens (tertiary/aromatic N) is 1. The molecule has 1 fully saturated rings. The molecule has 174 valence electrons. The first-order valence-corrected chi connectivity index (χ1v) is 12.4. The first kappa shape index (κ1) is 22.6. The minimum Gasteiger partial charge on any atom is -0.486 e. The maximum atomic E-state index is 12.7. The van der Waals surface area contributed by atoms with Gasteiger partial charge in [0.2, 0.25) is 5.91 Å². The molecule has 8 heteroatoms. The molecule has 2 aliphatic rings. The monoisotopic (exact) mass is 494 g/mol. The molecule has 0 radical (unpaired) electrons. The molecule has 5 rings (SSSR count). The minimum absolute atomic E-state index is 0.0897. The predicted octanol–water partition coefficient (Wildman–Crippen LogP) is 4.68. The minimum atomic E-state index is -0.250. The molecule has 1 N–H and O–H groups in total. The standard InChI is InChI=1S/C26H23ClN2O4S/c27-20-11-5-17(6-12-20)14-29-24(30)16-34-26(29)19-9-7-18(8-10-19)25(31)28-13-21-15-32-22-3-1-2-4-23(22)33-21/h1-12,21,26H,13-16H2,(H,28,31)/t21-,26-/m0/s1. The van der Waals surface area contributed by atoms with Gasteiger partial charge < -0.3 is 19.7 Å². The quantitative estimate of drug-likeness (QED) is 0.538. The number of hydrogen-bond donors (Lipinski definition) is 1. The highest BCUT2D eigenvalue weighted by atomic mass is 35.5. The Morgan fingerprint density at radius 3 is 2.53 bits per heavy atom. The number of ether oxygens (including phenoxy) is 2. The Kier molecular flexibility index (Phi) is 6.65.